The number of halogens is 1. The number of aliphatic hydroxyl groups excluding tert-OH is 1. The molecule has 1 atom stereocenters. The van der Waals surface area contributed by atoms with Crippen LogP contribution in [-0.4, -0.2) is 17.8 Å². The number of rotatable bonds is 6. The molecule has 17 heavy (non-hydrogen) atoms. The van der Waals surface area contributed by atoms with E-state index in [1.807, 2.05) is 6.92 Å². The van der Waals surface area contributed by atoms with Crippen molar-refractivity contribution in [2.75, 3.05) is 6.54 Å². The lowest BCUT2D eigenvalue weighted by atomic mass is 10.1. The van der Waals surface area contributed by atoms with Crippen LogP contribution in [0.15, 0.2) is 18.2 Å². The second kappa shape index (κ2) is 7.00. The molecule has 1 rings (SSSR count). The van der Waals surface area contributed by atoms with Gasteiger partial charge >= 0.3 is 0 Å². The Kier molecular flexibility index (Phi) is 5.61. The molecule has 0 spiro atoms. The third kappa shape index (κ3) is 4.51. The van der Waals surface area contributed by atoms with Crippen molar-refractivity contribution in [3.63, 3.8) is 0 Å². The average molecular weight is 236 g/mol. The van der Waals surface area contributed by atoms with Gasteiger partial charge in [0.1, 0.15) is 11.9 Å². The van der Waals surface area contributed by atoms with Gasteiger partial charge in [0.15, 0.2) is 0 Å². The van der Waals surface area contributed by atoms with Crippen LogP contribution in [0.3, 0.4) is 0 Å². The van der Waals surface area contributed by atoms with Crippen molar-refractivity contribution in [2.45, 2.75) is 32.4 Å². The molecule has 1 aromatic carbocycles. The first kappa shape index (κ1) is 13.6. The van der Waals surface area contributed by atoms with Crippen molar-refractivity contribution in [3.05, 3.63) is 35.1 Å². The number of nitrogens with one attached hydrogen (secondary N) is 1. The Bertz CT molecular complexity index is 401. The summed E-state index contributed by atoms with van der Waals surface area (Å²) in [7, 11) is 0. The monoisotopic (exact) mass is 236 g/mol. The Hall–Kier alpha value is -1.44. The quantitative estimate of drug-likeness (QED) is 0.793. The Morgan fingerprint density at radius 2 is 2.29 bits per heavy atom. The summed E-state index contributed by atoms with van der Waals surface area (Å²) in [6.45, 7) is 3.05. The first-order valence-corrected chi connectivity index (χ1v) is 5.74. The van der Waals surface area contributed by atoms with Crippen molar-refractivity contribution in [2.24, 2.45) is 0 Å². The van der Waals surface area contributed by atoms with Gasteiger partial charge in [-0.05, 0) is 24.1 Å². The van der Waals surface area contributed by atoms with Gasteiger partial charge in [-0.25, -0.2) is 4.39 Å². The molecular formula is C13H17FN2O. The Morgan fingerprint density at radius 1 is 1.53 bits per heavy atom. The van der Waals surface area contributed by atoms with E-state index in [4.69, 9.17) is 5.26 Å². The molecule has 3 nitrogen and oxygen atoms in total. The van der Waals surface area contributed by atoms with Gasteiger partial charge in [-0.3, -0.25) is 0 Å². The summed E-state index contributed by atoms with van der Waals surface area (Å²) in [6.07, 6.45) is 1.36. The summed E-state index contributed by atoms with van der Waals surface area (Å²) in [5.41, 5.74) is 0.894. The second-order valence-electron chi connectivity index (χ2n) is 4.00. The number of benzene rings is 1. The standard InChI is InChI=1S/C13H17FN2O/c1-2-3-12(17)9-16-8-10-4-5-13(14)11(6-10)7-15/h4-6,12,16-17H,2-3,8-9H2,1H3. The Balaban J connectivity index is 2.45. The largest absolute Gasteiger partial charge is 0.392 e. The van der Waals surface area contributed by atoms with Gasteiger partial charge in [0, 0.05) is 13.1 Å². The fraction of sp³-hybridized carbons (Fsp3) is 0.462. The molecule has 0 aromatic heterocycles. The van der Waals surface area contributed by atoms with Crippen LogP contribution < -0.4 is 5.32 Å². The molecule has 0 saturated heterocycles. The zero-order valence-corrected chi connectivity index (χ0v) is 9.91. The first-order chi connectivity index (χ1) is 8.17. The molecule has 0 bridgehead atoms. The smallest absolute Gasteiger partial charge is 0.140 e. The minimum absolute atomic E-state index is 0.0541. The number of nitriles is 1. The second-order valence-corrected chi connectivity index (χ2v) is 4.00. The van der Waals surface area contributed by atoms with Crippen molar-refractivity contribution >= 4 is 0 Å². The molecule has 0 heterocycles. The lowest BCUT2D eigenvalue weighted by Crippen LogP contribution is -2.26. The molecule has 1 aromatic rings. The highest BCUT2D eigenvalue weighted by molar-refractivity contribution is 5.34. The van der Waals surface area contributed by atoms with E-state index in [9.17, 15) is 9.50 Å². The molecule has 0 aliphatic heterocycles. The Morgan fingerprint density at radius 3 is 2.94 bits per heavy atom. The molecule has 4 heteroatoms. The fourth-order valence-corrected chi connectivity index (χ4v) is 1.59. The maximum absolute atomic E-state index is 13.0. The van der Waals surface area contributed by atoms with Crippen LogP contribution in [0, 0.1) is 17.1 Å². The third-order valence-electron chi connectivity index (χ3n) is 2.48. The van der Waals surface area contributed by atoms with E-state index in [-0.39, 0.29) is 11.7 Å². The summed E-state index contributed by atoms with van der Waals surface area (Å²) in [5.74, 6) is -0.498. The van der Waals surface area contributed by atoms with Gasteiger partial charge in [0.2, 0.25) is 0 Å². The number of hydrogen-bond donors (Lipinski definition) is 2. The summed E-state index contributed by atoms with van der Waals surface area (Å²) in [5, 5.41) is 21.2. The maximum Gasteiger partial charge on any atom is 0.140 e. The van der Waals surface area contributed by atoms with Crippen LogP contribution in [0.4, 0.5) is 4.39 Å². The fourth-order valence-electron chi connectivity index (χ4n) is 1.59. The van der Waals surface area contributed by atoms with Crippen LogP contribution in [0.2, 0.25) is 0 Å². The highest BCUT2D eigenvalue weighted by atomic mass is 19.1. The van der Waals surface area contributed by atoms with Crippen LogP contribution in [0.25, 0.3) is 0 Å². The molecule has 0 aliphatic carbocycles. The van der Waals surface area contributed by atoms with E-state index >= 15 is 0 Å². The summed E-state index contributed by atoms with van der Waals surface area (Å²) in [4.78, 5) is 0. The molecule has 0 amide bonds. The predicted octanol–water partition coefficient (Wildman–Crippen LogP) is 1.95. The lowest BCUT2D eigenvalue weighted by molar-refractivity contribution is 0.160. The molecule has 0 fully saturated rings. The molecular weight excluding hydrogens is 219 g/mol. The van der Waals surface area contributed by atoms with Crippen LogP contribution >= 0.6 is 0 Å². The van der Waals surface area contributed by atoms with Crippen LogP contribution in [0.5, 0.6) is 0 Å². The highest BCUT2D eigenvalue weighted by Crippen LogP contribution is 2.09. The summed E-state index contributed by atoms with van der Waals surface area (Å²) >= 11 is 0. The molecule has 1 unspecified atom stereocenters. The van der Waals surface area contributed by atoms with E-state index in [1.165, 1.54) is 12.1 Å². The lowest BCUT2D eigenvalue weighted by Gasteiger charge is -2.10. The van der Waals surface area contributed by atoms with Gasteiger partial charge in [-0.1, -0.05) is 19.4 Å². The normalized spacial score (nSPS) is 12.1. The molecule has 2 N–H and O–H groups in total. The number of aliphatic hydroxyl groups is 1. The van der Waals surface area contributed by atoms with E-state index in [1.54, 1.807) is 12.1 Å². The highest BCUT2D eigenvalue weighted by Gasteiger charge is 2.04. The van der Waals surface area contributed by atoms with Crippen LogP contribution in [-0.2, 0) is 6.54 Å². The summed E-state index contributed by atoms with van der Waals surface area (Å²) in [6, 6.07) is 6.25. The minimum atomic E-state index is -0.498. The predicted molar refractivity (Wildman–Crippen MR) is 63.7 cm³/mol. The Labute approximate surface area is 101 Å². The van der Waals surface area contributed by atoms with Gasteiger partial charge in [-0.15, -0.1) is 0 Å². The zero-order valence-electron chi connectivity index (χ0n) is 9.91. The molecule has 0 saturated carbocycles. The average Bonchev–Trinajstić information content (AvgIpc) is 2.31. The minimum Gasteiger partial charge on any atom is -0.392 e. The number of hydrogen-bond acceptors (Lipinski definition) is 3. The van der Waals surface area contributed by atoms with Crippen molar-refractivity contribution in [1.82, 2.24) is 5.32 Å². The van der Waals surface area contributed by atoms with E-state index < -0.39 is 5.82 Å². The van der Waals surface area contributed by atoms with Crippen molar-refractivity contribution in [1.29, 1.82) is 5.26 Å². The first-order valence-electron chi connectivity index (χ1n) is 5.74. The van der Waals surface area contributed by atoms with Gasteiger partial charge in [-0.2, -0.15) is 5.26 Å². The third-order valence-corrected chi connectivity index (χ3v) is 2.48. The molecule has 92 valence electrons. The van der Waals surface area contributed by atoms with E-state index in [2.05, 4.69) is 5.32 Å². The van der Waals surface area contributed by atoms with E-state index in [0.717, 1.165) is 18.4 Å². The van der Waals surface area contributed by atoms with Crippen molar-refractivity contribution < 1.29 is 9.50 Å². The molecule has 0 radical (unpaired) electrons. The van der Waals surface area contributed by atoms with Gasteiger partial charge < -0.3 is 10.4 Å². The zero-order chi connectivity index (χ0) is 12.7. The van der Waals surface area contributed by atoms with Crippen molar-refractivity contribution in [3.8, 4) is 6.07 Å². The van der Waals surface area contributed by atoms with Gasteiger partial charge in [0.25, 0.3) is 0 Å². The summed E-state index contributed by atoms with van der Waals surface area (Å²) < 4.78 is 13.0. The van der Waals surface area contributed by atoms with Gasteiger partial charge in [0.05, 0.1) is 11.7 Å². The van der Waals surface area contributed by atoms with E-state index in [0.29, 0.717) is 13.1 Å². The SMILES string of the molecule is CCCC(O)CNCc1ccc(F)c(C#N)c1. The molecule has 0 aliphatic rings. The van der Waals surface area contributed by atoms with Crippen LogP contribution in [0.1, 0.15) is 30.9 Å². The maximum atomic E-state index is 13.0. The topological polar surface area (TPSA) is 56.0 Å². The number of nitrogens with zero attached hydrogens (tertiary/aromatic N) is 1.